The van der Waals surface area contributed by atoms with Gasteiger partial charge in [0.25, 0.3) is 0 Å². The largest absolute Gasteiger partial charge is 0.380 e. The van der Waals surface area contributed by atoms with Crippen molar-refractivity contribution >= 4 is 0 Å². The van der Waals surface area contributed by atoms with Gasteiger partial charge < -0.3 is 10.1 Å². The summed E-state index contributed by atoms with van der Waals surface area (Å²) in [4.78, 5) is 0. The highest BCUT2D eigenvalue weighted by Crippen LogP contribution is 2.22. The SMILES string of the molecule is COC1CCCCC1NCc1ccccc1-n1cccn1. The second-order valence-electron chi connectivity index (χ2n) is 5.63. The minimum atomic E-state index is 0.343. The third-order valence-electron chi connectivity index (χ3n) is 4.30. The van der Waals surface area contributed by atoms with E-state index in [2.05, 4.69) is 34.7 Å². The normalized spacial score (nSPS) is 22.3. The van der Waals surface area contributed by atoms with Gasteiger partial charge in [-0.2, -0.15) is 5.10 Å². The van der Waals surface area contributed by atoms with Crippen molar-refractivity contribution in [2.45, 2.75) is 44.4 Å². The number of hydrogen-bond acceptors (Lipinski definition) is 3. The van der Waals surface area contributed by atoms with Gasteiger partial charge >= 0.3 is 0 Å². The van der Waals surface area contributed by atoms with Crippen molar-refractivity contribution in [3.05, 3.63) is 48.3 Å². The van der Waals surface area contributed by atoms with E-state index >= 15 is 0 Å². The molecule has 4 heteroatoms. The van der Waals surface area contributed by atoms with Crippen molar-refractivity contribution in [3.63, 3.8) is 0 Å². The molecule has 0 radical (unpaired) electrons. The summed E-state index contributed by atoms with van der Waals surface area (Å²) in [5, 5.41) is 8.01. The summed E-state index contributed by atoms with van der Waals surface area (Å²) in [6.07, 6.45) is 9.07. The van der Waals surface area contributed by atoms with Crippen LogP contribution in [-0.4, -0.2) is 29.0 Å². The number of methoxy groups -OCH3 is 1. The fourth-order valence-corrected chi connectivity index (χ4v) is 3.15. The second-order valence-corrected chi connectivity index (χ2v) is 5.63. The van der Waals surface area contributed by atoms with Gasteiger partial charge in [0.15, 0.2) is 0 Å². The Morgan fingerprint density at radius 3 is 2.90 bits per heavy atom. The molecule has 0 saturated heterocycles. The highest BCUT2D eigenvalue weighted by atomic mass is 16.5. The predicted octanol–water partition coefficient (Wildman–Crippen LogP) is 2.92. The lowest BCUT2D eigenvalue weighted by Gasteiger charge is -2.31. The molecule has 1 fully saturated rings. The molecule has 0 aliphatic heterocycles. The van der Waals surface area contributed by atoms with Gasteiger partial charge in [-0.15, -0.1) is 0 Å². The lowest BCUT2D eigenvalue weighted by molar-refractivity contribution is 0.0413. The number of nitrogens with one attached hydrogen (secondary N) is 1. The summed E-state index contributed by atoms with van der Waals surface area (Å²) >= 11 is 0. The van der Waals surface area contributed by atoms with Gasteiger partial charge in [-0.1, -0.05) is 31.0 Å². The first kappa shape index (κ1) is 14.3. The molecule has 3 rings (SSSR count). The van der Waals surface area contributed by atoms with Crippen molar-refractivity contribution < 1.29 is 4.74 Å². The molecule has 1 N–H and O–H groups in total. The molecule has 2 atom stereocenters. The number of para-hydroxylation sites is 1. The molecule has 1 heterocycles. The second kappa shape index (κ2) is 6.87. The molecule has 0 bridgehead atoms. The van der Waals surface area contributed by atoms with Crippen LogP contribution in [0.15, 0.2) is 42.7 Å². The Bertz CT molecular complexity index is 553. The van der Waals surface area contributed by atoms with E-state index in [1.54, 1.807) is 0 Å². The number of nitrogens with zero attached hydrogens (tertiary/aromatic N) is 2. The van der Waals surface area contributed by atoms with Crippen molar-refractivity contribution in [2.24, 2.45) is 0 Å². The van der Waals surface area contributed by atoms with Crippen LogP contribution in [0.25, 0.3) is 5.69 Å². The molecule has 1 saturated carbocycles. The first-order chi connectivity index (χ1) is 10.4. The number of hydrogen-bond donors (Lipinski definition) is 1. The molecular formula is C17H23N3O. The molecule has 112 valence electrons. The van der Waals surface area contributed by atoms with Crippen molar-refractivity contribution in [2.75, 3.05) is 7.11 Å². The van der Waals surface area contributed by atoms with Gasteiger partial charge in [-0.25, -0.2) is 4.68 Å². The minimum Gasteiger partial charge on any atom is -0.380 e. The van der Waals surface area contributed by atoms with E-state index in [0.29, 0.717) is 12.1 Å². The van der Waals surface area contributed by atoms with E-state index in [-0.39, 0.29) is 0 Å². The van der Waals surface area contributed by atoms with Crippen molar-refractivity contribution in [1.82, 2.24) is 15.1 Å². The summed E-state index contributed by atoms with van der Waals surface area (Å²) in [5.74, 6) is 0. The zero-order valence-corrected chi connectivity index (χ0v) is 12.5. The van der Waals surface area contributed by atoms with Crippen LogP contribution < -0.4 is 5.32 Å². The number of benzene rings is 1. The lowest BCUT2D eigenvalue weighted by atomic mass is 9.92. The van der Waals surface area contributed by atoms with E-state index in [1.807, 2.05) is 30.3 Å². The zero-order chi connectivity index (χ0) is 14.5. The van der Waals surface area contributed by atoms with Gasteiger partial charge in [0.1, 0.15) is 0 Å². The van der Waals surface area contributed by atoms with Crippen LogP contribution in [-0.2, 0) is 11.3 Å². The maximum atomic E-state index is 5.61. The summed E-state index contributed by atoms with van der Waals surface area (Å²) in [6, 6.07) is 10.8. The maximum Gasteiger partial charge on any atom is 0.0724 e. The Hall–Kier alpha value is -1.65. The average molecular weight is 285 g/mol. The topological polar surface area (TPSA) is 39.1 Å². The molecule has 0 amide bonds. The van der Waals surface area contributed by atoms with E-state index in [1.165, 1.54) is 24.8 Å². The van der Waals surface area contributed by atoms with E-state index in [4.69, 9.17) is 4.74 Å². The van der Waals surface area contributed by atoms with Gasteiger partial charge in [0.05, 0.1) is 11.8 Å². The van der Waals surface area contributed by atoms with Crippen LogP contribution in [0.3, 0.4) is 0 Å². The smallest absolute Gasteiger partial charge is 0.0724 e. The Morgan fingerprint density at radius 1 is 1.24 bits per heavy atom. The summed E-state index contributed by atoms with van der Waals surface area (Å²) in [7, 11) is 1.82. The standard InChI is InChI=1S/C17H23N3O/c1-21-17-10-5-3-8-15(17)18-13-14-7-2-4-9-16(14)20-12-6-11-19-20/h2,4,6-7,9,11-12,15,17-18H,3,5,8,10,13H2,1H3. The van der Waals surface area contributed by atoms with E-state index in [0.717, 1.165) is 18.7 Å². The highest BCUT2D eigenvalue weighted by molar-refractivity contribution is 5.40. The molecule has 1 aromatic carbocycles. The van der Waals surface area contributed by atoms with Gasteiger partial charge in [0, 0.05) is 32.1 Å². The van der Waals surface area contributed by atoms with Crippen LogP contribution in [0, 0.1) is 0 Å². The van der Waals surface area contributed by atoms with Gasteiger partial charge in [0.2, 0.25) is 0 Å². The summed E-state index contributed by atoms with van der Waals surface area (Å²) in [6.45, 7) is 0.848. The highest BCUT2D eigenvalue weighted by Gasteiger charge is 2.24. The fraction of sp³-hybridized carbons (Fsp3) is 0.471. The van der Waals surface area contributed by atoms with Crippen LogP contribution in [0.2, 0.25) is 0 Å². The third-order valence-corrected chi connectivity index (χ3v) is 4.30. The number of ether oxygens (including phenoxy) is 1. The molecular weight excluding hydrogens is 262 g/mol. The predicted molar refractivity (Wildman–Crippen MR) is 83.5 cm³/mol. The first-order valence-electron chi connectivity index (χ1n) is 7.72. The number of rotatable bonds is 5. The lowest BCUT2D eigenvalue weighted by Crippen LogP contribution is -2.42. The monoisotopic (exact) mass is 285 g/mol. The van der Waals surface area contributed by atoms with Crippen LogP contribution >= 0.6 is 0 Å². The molecule has 2 aromatic rings. The molecule has 0 spiro atoms. The zero-order valence-electron chi connectivity index (χ0n) is 12.5. The quantitative estimate of drug-likeness (QED) is 0.918. The van der Waals surface area contributed by atoms with E-state index < -0.39 is 0 Å². The Balaban J connectivity index is 1.70. The van der Waals surface area contributed by atoms with Gasteiger partial charge in [-0.05, 0) is 30.5 Å². The Morgan fingerprint density at radius 2 is 2.10 bits per heavy atom. The Kier molecular flexibility index (Phi) is 4.68. The average Bonchev–Trinajstić information content (AvgIpc) is 3.08. The summed E-state index contributed by atoms with van der Waals surface area (Å²) < 4.78 is 7.54. The third kappa shape index (κ3) is 3.34. The summed E-state index contributed by atoms with van der Waals surface area (Å²) in [5.41, 5.74) is 2.40. The molecule has 21 heavy (non-hydrogen) atoms. The molecule has 1 aliphatic carbocycles. The van der Waals surface area contributed by atoms with Gasteiger partial charge in [-0.3, -0.25) is 0 Å². The first-order valence-corrected chi connectivity index (χ1v) is 7.72. The molecule has 1 aliphatic rings. The minimum absolute atomic E-state index is 0.343. The van der Waals surface area contributed by atoms with Crippen LogP contribution in [0.4, 0.5) is 0 Å². The van der Waals surface area contributed by atoms with Crippen LogP contribution in [0.1, 0.15) is 31.2 Å². The molecule has 2 unspecified atom stereocenters. The van der Waals surface area contributed by atoms with Crippen LogP contribution in [0.5, 0.6) is 0 Å². The van der Waals surface area contributed by atoms with Crippen molar-refractivity contribution in [3.8, 4) is 5.69 Å². The fourth-order valence-electron chi connectivity index (χ4n) is 3.15. The molecule has 1 aromatic heterocycles. The Labute approximate surface area is 126 Å². The van der Waals surface area contributed by atoms with E-state index in [9.17, 15) is 0 Å². The number of aromatic nitrogens is 2. The maximum absolute atomic E-state index is 5.61. The van der Waals surface area contributed by atoms with Crippen molar-refractivity contribution in [1.29, 1.82) is 0 Å². The molecule has 4 nitrogen and oxygen atoms in total.